The Labute approximate surface area is 90.5 Å². The molecule has 0 radical (unpaired) electrons. The van der Waals surface area contributed by atoms with E-state index in [0.717, 1.165) is 10.2 Å². The third-order valence-corrected chi connectivity index (χ3v) is 2.45. The molecule has 0 fully saturated rings. The maximum absolute atomic E-state index is 10.5. The summed E-state index contributed by atoms with van der Waals surface area (Å²) in [6, 6.07) is 0. The number of carboxylic acid groups (broad SMARTS) is 1. The second kappa shape index (κ2) is 4.50. The van der Waals surface area contributed by atoms with Crippen LogP contribution in [0.2, 0.25) is 0 Å². The van der Waals surface area contributed by atoms with Gasteiger partial charge in [0.25, 0.3) is 0 Å². The van der Waals surface area contributed by atoms with Crippen molar-refractivity contribution in [3.8, 4) is 0 Å². The maximum Gasteiger partial charge on any atom is 0.304 e. The Morgan fingerprint density at radius 3 is 2.93 bits per heavy atom. The Morgan fingerprint density at radius 1 is 1.71 bits per heavy atom. The number of aliphatic carboxylic acids is 1. The molecular weight excluding hydrogens is 248 g/mol. The van der Waals surface area contributed by atoms with Crippen LogP contribution < -0.4 is 0 Å². The molecule has 0 aliphatic carbocycles. The number of hydrogen-bond acceptors (Lipinski definition) is 3. The molecule has 1 aromatic rings. The Morgan fingerprint density at radius 2 is 2.36 bits per heavy atom. The lowest BCUT2D eigenvalue weighted by molar-refractivity contribution is -0.137. The summed E-state index contributed by atoms with van der Waals surface area (Å²) >= 11 is 3.30. The van der Waals surface area contributed by atoms with Gasteiger partial charge in [-0.3, -0.25) is 4.79 Å². The van der Waals surface area contributed by atoms with Gasteiger partial charge >= 0.3 is 5.97 Å². The number of hydrogen-bond donors (Lipinski definition) is 1. The SMILES string of the molecule is Cc1ncc(Br)c(C(C)CC(=O)O)n1. The number of carboxylic acids is 1. The lowest BCUT2D eigenvalue weighted by Gasteiger charge is -2.10. The standard InChI is InChI=1S/C9H11BrN2O2/c1-5(3-8(13)14)9-7(10)4-11-6(2)12-9/h4-5H,3H2,1-2H3,(H,13,14). The zero-order valence-corrected chi connectivity index (χ0v) is 9.58. The monoisotopic (exact) mass is 258 g/mol. The summed E-state index contributed by atoms with van der Waals surface area (Å²) in [6.45, 7) is 3.62. The van der Waals surface area contributed by atoms with Gasteiger partial charge in [-0.2, -0.15) is 0 Å². The van der Waals surface area contributed by atoms with Crippen LogP contribution in [-0.2, 0) is 4.79 Å². The van der Waals surface area contributed by atoms with Crippen LogP contribution in [0.4, 0.5) is 0 Å². The minimum Gasteiger partial charge on any atom is -0.481 e. The summed E-state index contributed by atoms with van der Waals surface area (Å²) in [5.74, 6) is -0.273. The number of nitrogens with zero attached hydrogens (tertiary/aromatic N) is 2. The van der Waals surface area contributed by atoms with Crippen molar-refractivity contribution in [3.63, 3.8) is 0 Å². The van der Waals surface area contributed by atoms with Crippen LogP contribution in [0.15, 0.2) is 10.7 Å². The highest BCUT2D eigenvalue weighted by molar-refractivity contribution is 9.10. The molecule has 76 valence electrons. The molecule has 4 nitrogen and oxygen atoms in total. The van der Waals surface area contributed by atoms with Crippen LogP contribution in [-0.4, -0.2) is 21.0 Å². The molecule has 1 atom stereocenters. The fourth-order valence-corrected chi connectivity index (χ4v) is 1.76. The molecular formula is C9H11BrN2O2. The van der Waals surface area contributed by atoms with Gasteiger partial charge < -0.3 is 5.11 Å². The van der Waals surface area contributed by atoms with Crippen LogP contribution in [0, 0.1) is 6.92 Å². The number of carbonyl (C=O) groups is 1. The molecule has 0 amide bonds. The minimum absolute atomic E-state index is 0.0784. The molecule has 1 heterocycles. The third kappa shape index (κ3) is 2.77. The predicted octanol–water partition coefficient (Wildman–Crippen LogP) is 2.13. The summed E-state index contributed by atoms with van der Waals surface area (Å²) in [7, 11) is 0. The lowest BCUT2D eigenvalue weighted by Crippen LogP contribution is -2.06. The first-order valence-electron chi connectivity index (χ1n) is 4.21. The highest BCUT2D eigenvalue weighted by Gasteiger charge is 2.15. The molecule has 0 bridgehead atoms. The van der Waals surface area contributed by atoms with Gasteiger partial charge in [0.1, 0.15) is 5.82 Å². The average molecular weight is 259 g/mol. The molecule has 0 saturated carbocycles. The van der Waals surface area contributed by atoms with E-state index in [0.29, 0.717) is 5.82 Å². The van der Waals surface area contributed by atoms with Crippen LogP contribution in [0.25, 0.3) is 0 Å². The topological polar surface area (TPSA) is 63.1 Å². The van der Waals surface area contributed by atoms with Crippen LogP contribution in [0.3, 0.4) is 0 Å². The summed E-state index contributed by atoms with van der Waals surface area (Å²) in [4.78, 5) is 18.7. The van der Waals surface area contributed by atoms with Crippen molar-refractivity contribution in [1.82, 2.24) is 9.97 Å². The summed E-state index contributed by atoms with van der Waals surface area (Å²) in [5, 5.41) is 8.65. The molecule has 0 aliphatic rings. The van der Waals surface area contributed by atoms with Gasteiger partial charge in [0, 0.05) is 12.1 Å². The predicted molar refractivity (Wildman–Crippen MR) is 55.1 cm³/mol. The molecule has 1 rings (SSSR count). The largest absolute Gasteiger partial charge is 0.481 e. The van der Waals surface area contributed by atoms with Gasteiger partial charge in [0.15, 0.2) is 0 Å². The fraction of sp³-hybridized carbons (Fsp3) is 0.444. The molecule has 14 heavy (non-hydrogen) atoms. The van der Waals surface area contributed by atoms with Gasteiger partial charge in [-0.25, -0.2) is 9.97 Å². The van der Waals surface area contributed by atoms with Gasteiger partial charge in [-0.05, 0) is 22.9 Å². The van der Waals surface area contributed by atoms with E-state index >= 15 is 0 Å². The first kappa shape index (κ1) is 11.1. The normalized spacial score (nSPS) is 12.5. The van der Waals surface area contributed by atoms with Crippen LogP contribution in [0.1, 0.15) is 30.8 Å². The highest BCUT2D eigenvalue weighted by Crippen LogP contribution is 2.24. The smallest absolute Gasteiger partial charge is 0.304 e. The number of halogens is 1. The zero-order chi connectivity index (χ0) is 10.7. The molecule has 0 aliphatic heterocycles. The first-order valence-corrected chi connectivity index (χ1v) is 5.01. The molecule has 5 heteroatoms. The molecule has 0 spiro atoms. The van der Waals surface area contributed by atoms with E-state index in [9.17, 15) is 4.79 Å². The average Bonchev–Trinajstić information content (AvgIpc) is 2.08. The third-order valence-electron chi connectivity index (χ3n) is 1.84. The summed E-state index contributed by atoms with van der Waals surface area (Å²) < 4.78 is 0.761. The van der Waals surface area contributed by atoms with E-state index in [-0.39, 0.29) is 12.3 Å². The van der Waals surface area contributed by atoms with Crippen molar-refractivity contribution in [2.24, 2.45) is 0 Å². The molecule has 1 aromatic heterocycles. The molecule has 0 saturated heterocycles. The van der Waals surface area contributed by atoms with Crippen molar-refractivity contribution in [2.45, 2.75) is 26.2 Å². The second-order valence-electron chi connectivity index (χ2n) is 3.15. The highest BCUT2D eigenvalue weighted by atomic mass is 79.9. The summed E-state index contributed by atoms with van der Waals surface area (Å²) in [6.07, 6.45) is 1.73. The molecule has 0 aromatic carbocycles. The van der Waals surface area contributed by atoms with E-state index in [1.807, 2.05) is 6.92 Å². The fourth-order valence-electron chi connectivity index (χ4n) is 1.18. The van der Waals surface area contributed by atoms with Crippen molar-refractivity contribution >= 4 is 21.9 Å². The number of rotatable bonds is 3. The Bertz CT molecular complexity index is 355. The van der Waals surface area contributed by atoms with Gasteiger partial charge in [0.05, 0.1) is 16.6 Å². The van der Waals surface area contributed by atoms with Gasteiger partial charge in [0.2, 0.25) is 0 Å². The van der Waals surface area contributed by atoms with E-state index in [4.69, 9.17) is 5.11 Å². The van der Waals surface area contributed by atoms with Crippen molar-refractivity contribution < 1.29 is 9.90 Å². The lowest BCUT2D eigenvalue weighted by atomic mass is 10.0. The minimum atomic E-state index is -0.819. The molecule has 1 N–H and O–H groups in total. The van der Waals surface area contributed by atoms with Gasteiger partial charge in [-0.1, -0.05) is 6.92 Å². The van der Waals surface area contributed by atoms with Crippen molar-refractivity contribution in [1.29, 1.82) is 0 Å². The Kier molecular flexibility index (Phi) is 3.57. The van der Waals surface area contributed by atoms with Crippen LogP contribution >= 0.6 is 15.9 Å². The van der Waals surface area contributed by atoms with Crippen molar-refractivity contribution in [2.75, 3.05) is 0 Å². The van der Waals surface area contributed by atoms with E-state index in [2.05, 4.69) is 25.9 Å². The van der Waals surface area contributed by atoms with E-state index in [1.54, 1.807) is 13.1 Å². The van der Waals surface area contributed by atoms with Crippen molar-refractivity contribution in [3.05, 3.63) is 22.2 Å². The second-order valence-corrected chi connectivity index (χ2v) is 4.00. The Balaban J connectivity index is 2.93. The zero-order valence-electron chi connectivity index (χ0n) is 7.99. The summed E-state index contributed by atoms with van der Waals surface area (Å²) in [5.41, 5.74) is 0.750. The Hall–Kier alpha value is -0.970. The quantitative estimate of drug-likeness (QED) is 0.903. The first-order chi connectivity index (χ1) is 6.50. The van der Waals surface area contributed by atoms with Gasteiger partial charge in [-0.15, -0.1) is 0 Å². The van der Waals surface area contributed by atoms with E-state index in [1.165, 1.54) is 0 Å². The van der Waals surface area contributed by atoms with E-state index < -0.39 is 5.97 Å². The van der Waals surface area contributed by atoms with Crippen LogP contribution in [0.5, 0.6) is 0 Å². The number of aryl methyl sites for hydroxylation is 1. The molecule has 1 unspecified atom stereocenters. The number of aromatic nitrogens is 2. The maximum atomic E-state index is 10.5.